The summed E-state index contributed by atoms with van der Waals surface area (Å²) in [6.07, 6.45) is 0. The Labute approximate surface area is 61.8 Å². The van der Waals surface area contributed by atoms with E-state index in [-0.39, 0.29) is 5.75 Å². The van der Waals surface area contributed by atoms with Crippen LogP contribution in [0.2, 0.25) is 0 Å². The van der Waals surface area contributed by atoms with Crippen LogP contribution in [0.3, 0.4) is 0 Å². The highest BCUT2D eigenvalue weighted by atomic mass is 32.2. The molecule has 1 atom stereocenters. The largest absolute Gasteiger partial charge is 0.375 e. The quantitative estimate of drug-likeness (QED) is 0.581. The minimum Gasteiger partial charge on any atom is -0.375 e. The third kappa shape index (κ3) is 1.54. The number of methoxy groups -OCH3 is 1. The van der Waals surface area contributed by atoms with Crippen LogP contribution in [0.25, 0.3) is 0 Å². The first-order valence-corrected chi connectivity index (χ1v) is 4.16. The summed E-state index contributed by atoms with van der Waals surface area (Å²) < 4.78 is 28.7. The van der Waals surface area contributed by atoms with E-state index in [0.717, 1.165) is 0 Å². The van der Waals surface area contributed by atoms with E-state index in [1.54, 1.807) is 0 Å². The van der Waals surface area contributed by atoms with Gasteiger partial charge in [0.1, 0.15) is 5.60 Å². The van der Waals surface area contributed by atoms with Crippen LogP contribution in [0.5, 0.6) is 0 Å². The minimum absolute atomic E-state index is 0.142. The molecule has 1 rings (SSSR count). The maximum atomic E-state index is 10.3. The number of hydrogen-bond acceptors (Lipinski definition) is 3. The lowest BCUT2D eigenvalue weighted by molar-refractivity contribution is -0.181. The van der Waals surface area contributed by atoms with E-state index in [0.29, 0.717) is 13.2 Å². The molecule has 5 heteroatoms. The van der Waals surface area contributed by atoms with Gasteiger partial charge in [0.2, 0.25) is 0 Å². The van der Waals surface area contributed by atoms with Crippen molar-refractivity contribution in [2.24, 2.45) is 0 Å². The molecule has 1 aliphatic heterocycles. The molecule has 0 radical (unpaired) electrons. The fourth-order valence-electron chi connectivity index (χ4n) is 0.815. The number of ether oxygens (including phenoxy) is 2. The van der Waals surface area contributed by atoms with Crippen LogP contribution in [0.1, 0.15) is 0 Å². The van der Waals surface area contributed by atoms with Gasteiger partial charge in [-0.25, -0.2) is 4.21 Å². The van der Waals surface area contributed by atoms with E-state index in [2.05, 4.69) is 0 Å². The Morgan fingerprint density at radius 3 is 2.50 bits per heavy atom. The average molecular weight is 166 g/mol. The van der Waals surface area contributed by atoms with Gasteiger partial charge in [-0.3, -0.25) is 0 Å². The molecule has 0 amide bonds. The standard InChI is InChI=1S/C5H10O4S/c1-8-5(2-9-3-5)4-10(6)7/h2-4H2,1H3,(H,6,7). The predicted molar refractivity (Wildman–Crippen MR) is 36.2 cm³/mol. The molecule has 0 aromatic heterocycles. The van der Waals surface area contributed by atoms with Gasteiger partial charge in [0, 0.05) is 7.11 Å². The summed E-state index contributed by atoms with van der Waals surface area (Å²) in [5, 5.41) is 0. The Kier molecular flexibility index (Phi) is 2.40. The van der Waals surface area contributed by atoms with Crippen molar-refractivity contribution in [3.05, 3.63) is 0 Å². The molecular formula is C5H10O4S. The number of rotatable bonds is 3. The maximum absolute atomic E-state index is 10.3. The fraction of sp³-hybridized carbons (Fsp3) is 1.00. The van der Waals surface area contributed by atoms with Gasteiger partial charge in [0.05, 0.1) is 19.0 Å². The van der Waals surface area contributed by atoms with Crippen LogP contribution >= 0.6 is 0 Å². The van der Waals surface area contributed by atoms with Gasteiger partial charge >= 0.3 is 0 Å². The van der Waals surface area contributed by atoms with E-state index in [1.165, 1.54) is 7.11 Å². The zero-order chi connectivity index (χ0) is 7.61. The first-order valence-electron chi connectivity index (χ1n) is 2.89. The van der Waals surface area contributed by atoms with Crippen molar-refractivity contribution >= 4 is 11.1 Å². The molecule has 10 heavy (non-hydrogen) atoms. The van der Waals surface area contributed by atoms with Crippen molar-refractivity contribution in [1.29, 1.82) is 0 Å². The van der Waals surface area contributed by atoms with Gasteiger partial charge in [-0.1, -0.05) is 0 Å². The second-order valence-electron chi connectivity index (χ2n) is 2.35. The van der Waals surface area contributed by atoms with Crippen LogP contribution in [0.4, 0.5) is 0 Å². The van der Waals surface area contributed by atoms with Crippen LogP contribution in [-0.2, 0) is 20.6 Å². The minimum atomic E-state index is -1.79. The highest BCUT2D eigenvalue weighted by Crippen LogP contribution is 2.21. The summed E-state index contributed by atoms with van der Waals surface area (Å²) >= 11 is -1.79. The first kappa shape index (κ1) is 8.13. The molecule has 0 aromatic rings. The van der Waals surface area contributed by atoms with Crippen molar-refractivity contribution in [2.45, 2.75) is 5.60 Å². The Morgan fingerprint density at radius 1 is 1.80 bits per heavy atom. The topological polar surface area (TPSA) is 55.8 Å². The second kappa shape index (κ2) is 2.96. The van der Waals surface area contributed by atoms with Crippen LogP contribution in [-0.4, -0.2) is 40.4 Å². The lowest BCUT2D eigenvalue weighted by atomic mass is 10.1. The average Bonchev–Trinajstić information content (AvgIpc) is 1.78. The molecule has 0 saturated carbocycles. The summed E-state index contributed by atoms with van der Waals surface area (Å²) in [4.78, 5) is 0. The third-order valence-corrected chi connectivity index (χ3v) is 2.32. The number of hydrogen-bond donors (Lipinski definition) is 1. The van der Waals surface area contributed by atoms with E-state index < -0.39 is 16.7 Å². The summed E-state index contributed by atoms with van der Waals surface area (Å²) in [5.74, 6) is 0.142. The molecule has 0 spiro atoms. The Bertz CT molecular complexity index is 137. The third-order valence-electron chi connectivity index (χ3n) is 1.55. The van der Waals surface area contributed by atoms with Gasteiger partial charge < -0.3 is 14.0 Å². The smallest absolute Gasteiger partial charge is 0.155 e. The lowest BCUT2D eigenvalue weighted by Gasteiger charge is -2.38. The van der Waals surface area contributed by atoms with Gasteiger partial charge in [0.25, 0.3) is 0 Å². The van der Waals surface area contributed by atoms with Gasteiger partial charge in [-0.15, -0.1) is 0 Å². The molecule has 1 aliphatic rings. The van der Waals surface area contributed by atoms with E-state index >= 15 is 0 Å². The highest BCUT2D eigenvalue weighted by molar-refractivity contribution is 7.79. The van der Waals surface area contributed by atoms with Crippen molar-refractivity contribution in [3.8, 4) is 0 Å². The lowest BCUT2D eigenvalue weighted by Crippen LogP contribution is -2.55. The summed E-state index contributed by atoms with van der Waals surface area (Å²) in [6, 6.07) is 0. The molecule has 0 aromatic carbocycles. The maximum Gasteiger partial charge on any atom is 0.155 e. The Morgan fingerprint density at radius 2 is 2.40 bits per heavy atom. The van der Waals surface area contributed by atoms with E-state index in [9.17, 15) is 4.21 Å². The van der Waals surface area contributed by atoms with Crippen LogP contribution in [0, 0.1) is 0 Å². The molecule has 1 heterocycles. The summed E-state index contributed by atoms with van der Waals surface area (Å²) in [5.41, 5.74) is -0.486. The molecule has 4 nitrogen and oxygen atoms in total. The molecule has 1 N–H and O–H groups in total. The molecule has 0 bridgehead atoms. The SMILES string of the molecule is COC1(CS(=O)O)COC1. The molecule has 1 fully saturated rings. The predicted octanol–water partition coefficient (Wildman–Crippen LogP) is -0.376. The van der Waals surface area contributed by atoms with E-state index in [4.69, 9.17) is 14.0 Å². The molecule has 1 unspecified atom stereocenters. The normalized spacial score (nSPS) is 25.4. The zero-order valence-electron chi connectivity index (χ0n) is 5.70. The summed E-state index contributed by atoms with van der Waals surface area (Å²) in [7, 11) is 1.52. The van der Waals surface area contributed by atoms with Gasteiger partial charge in [-0.05, 0) is 0 Å². The molecule has 0 aliphatic carbocycles. The van der Waals surface area contributed by atoms with E-state index in [1.807, 2.05) is 0 Å². The monoisotopic (exact) mass is 166 g/mol. The summed E-state index contributed by atoms with van der Waals surface area (Å²) in [6.45, 7) is 0.853. The van der Waals surface area contributed by atoms with Crippen molar-refractivity contribution in [3.63, 3.8) is 0 Å². The Hall–Kier alpha value is 0.0300. The highest BCUT2D eigenvalue weighted by Gasteiger charge is 2.40. The molecule has 60 valence electrons. The van der Waals surface area contributed by atoms with Crippen LogP contribution < -0.4 is 0 Å². The van der Waals surface area contributed by atoms with Gasteiger partial charge in [-0.2, -0.15) is 0 Å². The molecular weight excluding hydrogens is 156 g/mol. The van der Waals surface area contributed by atoms with Gasteiger partial charge in [0.15, 0.2) is 11.1 Å². The Balaban J connectivity index is 2.40. The van der Waals surface area contributed by atoms with Crippen molar-refractivity contribution in [1.82, 2.24) is 0 Å². The second-order valence-corrected chi connectivity index (χ2v) is 3.28. The van der Waals surface area contributed by atoms with Crippen molar-refractivity contribution < 1.29 is 18.2 Å². The fourth-order valence-corrected chi connectivity index (χ4v) is 1.55. The molecule has 1 saturated heterocycles. The zero-order valence-corrected chi connectivity index (χ0v) is 6.52. The van der Waals surface area contributed by atoms with Crippen LogP contribution in [0.15, 0.2) is 0 Å². The first-order chi connectivity index (χ1) is 4.68. The van der Waals surface area contributed by atoms with Crippen molar-refractivity contribution in [2.75, 3.05) is 26.1 Å².